The van der Waals surface area contributed by atoms with Gasteiger partial charge in [0.05, 0.1) is 11.7 Å². The van der Waals surface area contributed by atoms with E-state index in [1.165, 1.54) is 22.4 Å². The van der Waals surface area contributed by atoms with Gasteiger partial charge in [0, 0.05) is 11.9 Å². The summed E-state index contributed by atoms with van der Waals surface area (Å²) in [6, 6.07) is 23.3. The van der Waals surface area contributed by atoms with Gasteiger partial charge in [0.2, 0.25) is 0 Å². The lowest BCUT2D eigenvalue weighted by atomic mass is 9.91. The number of hydrogen-bond acceptors (Lipinski definition) is 2. The van der Waals surface area contributed by atoms with Crippen molar-refractivity contribution < 1.29 is 0 Å². The van der Waals surface area contributed by atoms with Crippen molar-refractivity contribution >= 4 is 5.69 Å². The van der Waals surface area contributed by atoms with E-state index in [4.69, 9.17) is 0 Å². The Labute approximate surface area is 157 Å². The second-order valence-electron chi connectivity index (χ2n) is 7.36. The van der Waals surface area contributed by atoms with Gasteiger partial charge in [0.1, 0.15) is 0 Å². The maximum absolute atomic E-state index is 4.64. The largest absolute Gasteiger partial charge is 0.372 e. The van der Waals surface area contributed by atoms with Crippen molar-refractivity contribution in [1.29, 1.82) is 0 Å². The first-order chi connectivity index (χ1) is 12.6. The number of rotatable bonds is 6. The lowest BCUT2D eigenvalue weighted by molar-refractivity contribution is 0.814. The van der Waals surface area contributed by atoms with E-state index in [1.807, 2.05) is 12.3 Å². The highest BCUT2D eigenvalue weighted by Crippen LogP contribution is 2.36. The summed E-state index contributed by atoms with van der Waals surface area (Å²) in [5.74, 6) is 0.910. The predicted molar refractivity (Wildman–Crippen MR) is 111 cm³/mol. The summed E-state index contributed by atoms with van der Waals surface area (Å²) < 4.78 is 0. The summed E-state index contributed by atoms with van der Waals surface area (Å²) in [6.45, 7) is 9.01. The van der Waals surface area contributed by atoms with Crippen molar-refractivity contribution in [1.82, 2.24) is 4.98 Å². The summed E-state index contributed by atoms with van der Waals surface area (Å²) in [4.78, 5) is 4.64. The maximum atomic E-state index is 4.64. The molecule has 0 amide bonds. The Morgan fingerprint density at radius 2 is 1.31 bits per heavy atom. The van der Waals surface area contributed by atoms with E-state index in [9.17, 15) is 0 Å². The molecule has 1 atom stereocenters. The molecule has 0 bridgehead atoms. The van der Waals surface area contributed by atoms with Crippen LogP contribution >= 0.6 is 0 Å². The highest BCUT2D eigenvalue weighted by atomic mass is 15.0. The number of aromatic nitrogens is 1. The van der Waals surface area contributed by atoms with Crippen LogP contribution in [0.15, 0.2) is 72.9 Å². The van der Waals surface area contributed by atoms with Crippen LogP contribution in [-0.2, 0) is 0 Å². The van der Waals surface area contributed by atoms with Crippen LogP contribution in [0.25, 0.3) is 0 Å². The van der Waals surface area contributed by atoms with Gasteiger partial charge >= 0.3 is 0 Å². The summed E-state index contributed by atoms with van der Waals surface area (Å²) >= 11 is 0. The van der Waals surface area contributed by atoms with Crippen LogP contribution < -0.4 is 5.32 Å². The molecule has 0 aliphatic rings. The van der Waals surface area contributed by atoms with E-state index in [1.54, 1.807) is 0 Å². The standard InChI is InChI=1S/C24H28N2/c1-17(2)20-13-10-14-21(18(3)4)24(20)26-23(19-11-6-5-7-12-19)22-15-8-9-16-25-22/h5-18,23,26H,1-4H3. The van der Waals surface area contributed by atoms with Gasteiger partial charge in [0.25, 0.3) is 0 Å². The summed E-state index contributed by atoms with van der Waals surface area (Å²) in [5, 5.41) is 3.85. The number of benzene rings is 2. The third kappa shape index (κ3) is 3.96. The normalized spacial score (nSPS) is 12.4. The third-order valence-electron chi connectivity index (χ3n) is 4.78. The van der Waals surface area contributed by atoms with Crippen LogP contribution in [-0.4, -0.2) is 4.98 Å². The number of anilines is 1. The van der Waals surface area contributed by atoms with E-state index in [0.29, 0.717) is 11.8 Å². The Hall–Kier alpha value is -2.61. The number of nitrogens with one attached hydrogen (secondary N) is 1. The van der Waals surface area contributed by atoms with E-state index >= 15 is 0 Å². The fraction of sp³-hybridized carbons (Fsp3) is 0.292. The smallest absolute Gasteiger partial charge is 0.0940 e. The molecule has 0 fully saturated rings. The van der Waals surface area contributed by atoms with Crippen LogP contribution in [0.5, 0.6) is 0 Å². The maximum Gasteiger partial charge on any atom is 0.0940 e. The molecule has 0 aliphatic carbocycles. The molecule has 134 valence electrons. The molecule has 2 nitrogen and oxygen atoms in total. The first kappa shape index (κ1) is 18.2. The highest BCUT2D eigenvalue weighted by Gasteiger charge is 2.20. The summed E-state index contributed by atoms with van der Waals surface area (Å²) in [7, 11) is 0. The van der Waals surface area contributed by atoms with Gasteiger partial charge in [-0.2, -0.15) is 0 Å². The monoisotopic (exact) mass is 344 g/mol. The second-order valence-corrected chi connectivity index (χ2v) is 7.36. The van der Waals surface area contributed by atoms with Gasteiger partial charge in [-0.05, 0) is 40.7 Å². The van der Waals surface area contributed by atoms with Gasteiger partial charge in [-0.1, -0.05) is 82.3 Å². The summed E-state index contributed by atoms with van der Waals surface area (Å²) in [5.41, 5.74) is 6.21. The molecule has 1 N–H and O–H groups in total. The van der Waals surface area contributed by atoms with Crippen LogP contribution in [0.3, 0.4) is 0 Å². The quantitative estimate of drug-likeness (QED) is 0.550. The van der Waals surface area contributed by atoms with Crippen molar-refractivity contribution in [3.8, 4) is 0 Å². The molecule has 2 heteroatoms. The van der Waals surface area contributed by atoms with Gasteiger partial charge in [0.15, 0.2) is 0 Å². The molecule has 26 heavy (non-hydrogen) atoms. The fourth-order valence-electron chi connectivity index (χ4n) is 3.38. The first-order valence-corrected chi connectivity index (χ1v) is 9.43. The van der Waals surface area contributed by atoms with E-state index in [2.05, 4.69) is 98.7 Å². The van der Waals surface area contributed by atoms with Crippen molar-refractivity contribution in [2.75, 3.05) is 5.32 Å². The first-order valence-electron chi connectivity index (χ1n) is 9.43. The molecule has 1 unspecified atom stereocenters. The Morgan fingerprint density at radius 1 is 0.692 bits per heavy atom. The molecular formula is C24H28N2. The van der Waals surface area contributed by atoms with Gasteiger partial charge in [-0.3, -0.25) is 4.98 Å². The van der Waals surface area contributed by atoms with Gasteiger partial charge in [-0.15, -0.1) is 0 Å². The van der Waals surface area contributed by atoms with Crippen molar-refractivity contribution in [3.05, 3.63) is 95.3 Å². The Kier molecular flexibility index (Phi) is 5.72. The molecule has 1 aromatic heterocycles. The minimum absolute atomic E-state index is 0.0230. The van der Waals surface area contributed by atoms with Gasteiger partial charge < -0.3 is 5.32 Å². The lowest BCUT2D eigenvalue weighted by Gasteiger charge is -2.26. The summed E-state index contributed by atoms with van der Waals surface area (Å²) in [6.07, 6.45) is 1.87. The molecule has 3 rings (SSSR count). The van der Waals surface area contributed by atoms with Crippen LogP contribution in [0.4, 0.5) is 5.69 Å². The van der Waals surface area contributed by atoms with E-state index in [-0.39, 0.29) is 6.04 Å². The second kappa shape index (κ2) is 8.18. The highest BCUT2D eigenvalue weighted by molar-refractivity contribution is 5.62. The predicted octanol–water partition coefficient (Wildman–Crippen LogP) is 6.53. The molecule has 0 spiro atoms. The third-order valence-corrected chi connectivity index (χ3v) is 4.78. The van der Waals surface area contributed by atoms with Gasteiger partial charge in [-0.25, -0.2) is 0 Å². The number of nitrogens with zero attached hydrogens (tertiary/aromatic N) is 1. The minimum atomic E-state index is 0.0230. The average Bonchev–Trinajstić information content (AvgIpc) is 2.67. The van der Waals surface area contributed by atoms with Crippen molar-refractivity contribution in [3.63, 3.8) is 0 Å². The molecule has 3 aromatic rings. The Bertz CT molecular complexity index is 758. The SMILES string of the molecule is CC(C)c1cccc(C(C)C)c1NC(c1ccccc1)c1ccccn1. The number of para-hydroxylation sites is 1. The molecule has 2 aromatic carbocycles. The van der Waals surface area contributed by atoms with Crippen LogP contribution in [0.1, 0.15) is 68.0 Å². The van der Waals surface area contributed by atoms with Crippen molar-refractivity contribution in [2.24, 2.45) is 0 Å². The number of pyridine rings is 1. The zero-order valence-electron chi connectivity index (χ0n) is 16.1. The minimum Gasteiger partial charge on any atom is -0.372 e. The molecule has 0 radical (unpaired) electrons. The Balaban J connectivity index is 2.11. The van der Waals surface area contributed by atoms with Crippen LogP contribution in [0, 0.1) is 0 Å². The fourth-order valence-corrected chi connectivity index (χ4v) is 3.38. The molecule has 0 saturated heterocycles. The van der Waals surface area contributed by atoms with E-state index < -0.39 is 0 Å². The molecule has 0 aliphatic heterocycles. The topological polar surface area (TPSA) is 24.9 Å². The van der Waals surface area contributed by atoms with Crippen LogP contribution in [0.2, 0.25) is 0 Å². The molecule has 0 saturated carbocycles. The lowest BCUT2D eigenvalue weighted by Crippen LogP contribution is -2.17. The molecular weight excluding hydrogens is 316 g/mol. The molecule has 1 heterocycles. The van der Waals surface area contributed by atoms with Crippen molar-refractivity contribution in [2.45, 2.75) is 45.6 Å². The zero-order chi connectivity index (χ0) is 18.5. The number of hydrogen-bond donors (Lipinski definition) is 1. The average molecular weight is 345 g/mol. The zero-order valence-corrected chi connectivity index (χ0v) is 16.1. The van der Waals surface area contributed by atoms with E-state index in [0.717, 1.165) is 5.69 Å². The Morgan fingerprint density at radius 3 is 1.85 bits per heavy atom.